The molecule has 1 aliphatic rings. The predicted molar refractivity (Wildman–Crippen MR) is 142 cm³/mol. The lowest BCUT2D eigenvalue weighted by molar-refractivity contribution is -0.137. The Labute approximate surface area is 236 Å². The molecule has 1 aliphatic carbocycles. The van der Waals surface area contributed by atoms with Gasteiger partial charge in [0, 0.05) is 42.4 Å². The lowest BCUT2D eigenvalue weighted by Crippen LogP contribution is -2.44. The molecule has 0 aliphatic heterocycles. The molecule has 0 bridgehead atoms. The second-order valence-electron chi connectivity index (χ2n) is 9.21. The normalized spacial score (nSPS) is 17.2. The van der Waals surface area contributed by atoms with Gasteiger partial charge in [0.2, 0.25) is 5.95 Å². The highest BCUT2D eigenvalue weighted by Gasteiger charge is 2.37. The number of nitrogens with zero attached hydrogens (tertiary/aromatic N) is 7. The smallest absolute Gasteiger partial charge is 0.420 e. The Morgan fingerprint density at radius 3 is 2.44 bits per heavy atom. The molecule has 0 aromatic carbocycles. The summed E-state index contributed by atoms with van der Waals surface area (Å²) in [6.45, 7) is 0. The van der Waals surface area contributed by atoms with Gasteiger partial charge in [0.05, 0.1) is 18.3 Å². The number of nitrogens with one attached hydrogen (secondary N) is 2. The van der Waals surface area contributed by atoms with Crippen LogP contribution in [0, 0.1) is 0 Å². The summed E-state index contributed by atoms with van der Waals surface area (Å²) in [5.74, 6) is 0.252. The van der Waals surface area contributed by atoms with Crippen molar-refractivity contribution < 1.29 is 27.8 Å². The fourth-order valence-corrected chi connectivity index (χ4v) is 4.87. The molecular formula is C25H23ClF3N9O3. The number of ether oxygens (including phenoxy) is 1. The number of carbonyl (C=O) groups is 1. The number of pyridine rings is 1. The highest BCUT2D eigenvalue weighted by atomic mass is 35.5. The first kappa shape index (κ1) is 28.0. The minimum Gasteiger partial charge on any atom is -0.467 e. The molecule has 0 unspecified atom stereocenters. The summed E-state index contributed by atoms with van der Waals surface area (Å²) in [5.41, 5.74) is -0.185. The first-order valence-electron chi connectivity index (χ1n) is 12.4. The lowest BCUT2D eigenvalue weighted by Gasteiger charge is -2.35. The number of anilines is 2. The maximum atomic E-state index is 13.6. The van der Waals surface area contributed by atoms with E-state index in [1.54, 1.807) is 24.5 Å². The largest absolute Gasteiger partial charge is 0.467 e. The molecule has 3 N–H and O–H groups in total. The Morgan fingerprint density at radius 2 is 1.83 bits per heavy atom. The van der Waals surface area contributed by atoms with Crippen molar-refractivity contribution in [2.75, 3.05) is 17.3 Å². The topological polar surface area (TPSA) is 155 Å². The monoisotopic (exact) mass is 589 g/mol. The second kappa shape index (κ2) is 11.5. The van der Waals surface area contributed by atoms with Gasteiger partial charge in [-0.2, -0.15) is 18.3 Å². The van der Waals surface area contributed by atoms with Gasteiger partial charge in [0.25, 0.3) is 0 Å². The van der Waals surface area contributed by atoms with Crippen LogP contribution in [0.1, 0.15) is 31.2 Å². The zero-order chi connectivity index (χ0) is 29.1. The minimum atomic E-state index is -4.70. The van der Waals surface area contributed by atoms with Crippen LogP contribution in [-0.2, 0) is 6.18 Å². The molecule has 1 saturated carbocycles. The Kier molecular flexibility index (Phi) is 7.88. The number of halogens is 4. The Morgan fingerprint density at radius 1 is 1.10 bits per heavy atom. The summed E-state index contributed by atoms with van der Waals surface area (Å²) in [6.07, 6.45) is 2.69. The van der Waals surface area contributed by atoms with E-state index in [2.05, 4.69) is 40.4 Å². The van der Waals surface area contributed by atoms with E-state index in [0.717, 1.165) is 0 Å². The van der Waals surface area contributed by atoms with Crippen LogP contribution in [0.4, 0.5) is 29.7 Å². The molecule has 12 nitrogen and oxygen atoms in total. The molecule has 41 heavy (non-hydrogen) atoms. The Hall–Kier alpha value is -4.53. The molecule has 4 aromatic rings. The number of aromatic amines is 1. The maximum absolute atomic E-state index is 13.6. The summed E-state index contributed by atoms with van der Waals surface area (Å²) in [6, 6.07) is 3.03. The molecular weight excluding hydrogens is 567 g/mol. The molecule has 5 rings (SSSR count). The standard InChI is InChI=1S/C25H23ClF3N9O3/c1-41-23-32-9-14(10-33-23)13-6-7-30-19(8-13)38(24(39)40)16-4-2-15(3-5-16)35-22-31-11-17(25(27,28)29)20(36-22)21-18(26)12-34-37-21/h6-12,15-16H,2-5H2,1H3,(H,34,37)(H,39,40)(H,31,35,36). The average molecular weight is 590 g/mol. The van der Waals surface area contributed by atoms with Gasteiger partial charge < -0.3 is 15.2 Å². The molecule has 0 saturated heterocycles. The van der Waals surface area contributed by atoms with Crippen LogP contribution < -0.4 is 15.0 Å². The van der Waals surface area contributed by atoms with Gasteiger partial charge in [-0.25, -0.2) is 29.7 Å². The van der Waals surface area contributed by atoms with Crippen molar-refractivity contribution in [1.29, 1.82) is 0 Å². The zero-order valence-electron chi connectivity index (χ0n) is 21.4. The highest BCUT2D eigenvalue weighted by Crippen LogP contribution is 2.38. The molecule has 1 amide bonds. The number of methoxy groups -OCH3 is 1. The summed E-state index contributed by atoms with van der Waals surface area (Å²) in [4.78, 5) is 33.9. The first-order chi connectivity index (χ1) is 19.6. The van der Waals surface area contributed by atoms with Gasteiger partial charge in [0.1, 0.15) is 22.8 Å². The van der Waals surface area contributed by atoms with Gasteiger partial charge in [-0.15, -0.1) is 0 Å². The molecule has 214 valence electrons. The number of hydrogen-bond donors (Lipinski definition) is 3. The van der Waals surface area contributed by atoms with Crippen molar-refractivity contribution in [3.63, 3.8) is 0 Å². The fraction of sp³-hybridized carbons (Fsp3) is 0.320. The molecule has 0 spiro atoms. The summed E-state index contributed by atoms with van der Waals surface area (Å²) < 4.78 is 45.8. The highest BCUT2D eigenvalue weighted by molar-refractivity contribution is 6.32. The first-order valence-corrected chi connectivity index (χ1v) is 12.8. The third-order valence-electron chi connectivity index (χ3n) is 6.66. The van der Waals surface area contributed by atoms with Crippen LogP contribution in [0.5, 0.6) is 6.01 Å². The quantitative estimate of drug-likeness (QED) is 0.258. The molecule has 0 radical (unpaired) electrons. The van der Waals surface area contributed by atoms with Crippen LogP contribution in [0.25, 0.3) is 22.5 Å². The second-order valence-corrected chi connectivity index (χ2v) is 9.62. The Bertz CT molecular complexity index is 1530. The third-order valence-corrected chi connectivity index (χ3v) is 6.95. The van der Waals surface area contributed by atoms with E-state index in [1.807, 2.05) is 0 Å². The van der Waals surface area contributed by atoms with E-state index in [4.69, 9.17) is 16.3 Å². The summed E-state index contributed by atoms with van der Waals surface area (Å²) >= 11 is 6.01. The SMILES string of the molecule is COc1ncc(-c2ccnc(N(C(=O)O)C3CCC(Nc4ncc(C(F)(F)F)c(-c5[nH]ncc5Cl)n4)CC3)c2)cn1. The van der Waals surface area contributed by atoms with Crippen LogP contribution in [0.2, 0.25) is 5.02 Å². The Balaban J connectivity index is 1.30. The number of H-pyrrole nitrogens is 1. The van der Waals surface area contributed by atoms with Gasteiger partial charge in [-0.05, 0) is 43.4 Å². The van der Waals surface area contributed by atoms with Gasteiger partial charge in [-0.1, -0.05) is 11.6 Å². The lowest BCUT2D eigenvalue weighted by atomic mass is 9.90. The van der Waals surface area contributed by atoms with Crippen LogP contribution in [0.15, 0.2) is 43.1 Å². The van der Waals surface area contributed by atoms with E-state index in [1.165, 1.54) is 24.4 Å². The fourth-order valence-electron chi connectivity index (χ4n) is 4.69. The molecule has 4 aromatic heterocycles. The summed E-state index contributed by atoms with van der Waals surface area (Å²) in [7, 11) is 1.46. The van der Waals surface area contributed by atoms with E-state index in [0.29, 0.717) is 43.0 Å². The maximum Gasteiger partial charge on any atom is 0.420 e. The van der Waals surface area contributed by atoms with E-state index < -0.39 is 23.5 Å². The van der Waals surface area contributed by atoms with Gasteiger partial charge in [-0.3, -0.25) is 10.00 Å². The molecule has 0 atom stereocenters. The number of carboxylic acid groups (broad SMARTS) is 1. The van der Waals surface area contributed by atoms with E-state index >= 15 is 0 Å². The average Bonchev–Trinajstić information content (AvgIpc) is 3.39. The predicted octanol–water partition coefficient (Wildman–Crippen LogP) is 5.31. The van der Waals surface area contributed by atoms with Gasteiger partial charge >= 0.3 is 18.3 Å². The van der Waals surface area contributed by atoms with Crippen LogP contribution >= 0.6 is 11.6 Å². The summed E-state index contributed by atoms with van der Waals surface area (Å²) in [5, 5.41) is 19.2. The number of aromatic nitrogens is 7. The number of amides is 1. The molecule has 4 heterocycles. The van der Waals surface area contributed by atoms with Crippen molar-refractivity contribution in [3.8, 4) is 28.5 Å². The minimum absolute atomic E-state index is 0.00622. The molecule has 1 fully saturated rings. The van der Waals surface area contributed by atoms with Crippen molar-refractivity contribution >= 4 is 29.5 Å². The van der Waals surface area contributed by atoms with Crippen molar-refractivity contribution in [3.05, 3.63) is 53.7 Å². The van der Waals surface area contributed by atoms with Crippen molar-refractivity contribution in [1.82, 2.24) is 35.1 Å². The zero-order valence-corrected chi connectivity index (χ0v) is 22.2. The number of hydrogen-bond acceptors (Lipinski definition) is 9. The van der Waals surface area contributed by atoms with E-state index in [-0.39, 0.29) is 40.6 Å². The third kappa shape index (κ3) is 6.14. The van der Waals surface area contributed by atoms with Crippen molar-refractivity contribution in [2.24, 2.45) is 0 Å². The molecule has 16 heteroatoms. The van der Waals surface area contributed by atoms with Crippen LogP contribution in [0.3, 0.4) is 0 Å². The van der Waals surface area contributed by atoms with E-state index in [9.17, 15) is 23.1 Å². The number of rotatable bonds is 7. The van der Waals surface area contributed by atoms with Gasteiger partial charge in [0.15, 0.2) is 0 Å². The number of alkyl halides is 3. The van der Waals surface area contributed by atoms with Crippen LogP contribution in [-0.4, -0.2) is 65.5 Å². The van der Waals surface area contributed by atoms with Crippen molar-refractivity contribution in [2.45, 2.75) is 43.9 Å².